The van der Waals surface area contributed by atoms with E-state index in [1.54, 1.807) is 6.08 Å². The van der Waals surface area contributed by atoms with Crippen LogP contribution < -0.4 is 0 Å². The smallest absolute Gasteiger partial charge is 0.330 e. The molecule has 2 heteroatoms. The summed E-state index contributed by atoms with van der Waals surface area (Å²) in [6.07, 6.45) is 3.58. The van der Waals surface area contributed by atoms with Gasteiger partial charge in [0.15, 0.2) is 0 Å². The molecule has 2 nitrogen and oxygen atoms in total. The Balaban J connectivity index is 4.03. The van der Waals surface area contributed by atoms with Crippen LogP contribution in [0, 0.1) is 5.41 Å². The molecule has 0 aromatic rings. The molecule has 0 atom stereocenters. The fraction of sp³-hybridized carbons (Fsp3) is 0.750. The third kappa shape index (κ3) is 5.79. The van der Waals surface area contributed by atoms with Gasteiger partial charge in [-0.1, -0.05) is 39.7 Å². The van der Waals surface area contributed by atoms with E-state index < -0.39 is 0 Å². The van der Waals surface area contributed by atoms with Crippen LogP contribution in [-0.4, -0.2) is 12.6 Å². The van der Waals surface area contributed by atoms with E-state index in [2.05, 4.69) is 27.7 Å². The number of hydrogen-bond donors (Lipinski definition) is 0. The molecular formula is C12H22O2. The summed E-state index contributed by atoms with van der Waals surface area (Å²) in [7, 11) is 0. The quantitative estimate of drug-likeness (QED) is 0.393. The number of esters is 1. The Hall–Kier alpha value is -0.790. The molecule has 0 aromatic heterocycles. The summed E-state index contributed by atoms with van der Waals surface area (Å²) in [5.41, 5.74) is 1.10. The van der Waals surface area contributed by atoms with Crippen LogP contribution in [-0.2, 0) is 9.53 Å². The molecule has 0 spiro atoms. The Labute approximate surface area is 87.3 Å². The van der Waals surface area contributed by atoms with Gasteiger partial charge in [-0.3, -0.25) is 0 Å². The predicted molar refractivity (Wildman–Crippen MR) is 59.1 cm³/mol. The van der Waals surface area contributed by atoms with E-state index in [0.29, 0.717) is 6.61 Å². The number of allylic oxidation sites excluding steroid dienone is 1. The average molecular weight is 198 g/mol. The highest BCUT2D eigenvalue weighted by molar-refractivity contribution is 5.82. The summed E-state index contributed by atoms with van der Waals surface area (Å²) in [4.78, 5) is 11.3. The van der Waals surface area contributed by atoms with Crippen molar-refractivity contribution in [3.8, 4) is 0 Å². The number of hydrogen-bond acceptors (Lipinski definition) is 2. The normalized spacial score (nSPS) is 12.8. The summed E-state index contributed by atoms with van der Waals surface area (Å²) in [5, 5.41) is 0. The summed E-state index contributed by atoms with van der Waals surface area (Å²) in [6, 6.07) is 0. The van der Waals surface area contributed by atoms with E-state index in [1.165, 1.54) is 0 Å². The van der Waals surface area contributed by atoms with Crippen molar-refractivity contribution in [3.05, 3.63) is 11.6 Å². The lowest BCUT2D eigenvalue weighted by atomic mass is 9.87. The fourth-order valence-corrected chi connectivity index (χ4v) is 0.752. The first-order valence-corrected chi connectivity index (χ1v) is 5.23. The van der Waals surface area contributed by atoms with Crippen molar-refractivity contribution in [2.75, 3.05) is 6.61 Å². The molecule has 0 aliphatic heterocycles. The van der Waals surface area contributed by atoms with E-state index >= 15 is 0 Å². The first kappa shape index (κ1) is 13.2. The van der Waals surface area contributed by atoms with Gasteiger partial charge >= 0.3 is 5.97 Å². The minimum absolute atomic E-state index is 0.0454. The Morgan fingerprint density at radius 2 is 1.93 bits per heavy atom. The lowest BCUT2D eigenvalue weighted by Crippen LogP contribution is -2.10. The lowest BCUT2D eigenvalue weighted by molar-refractivity contribution is -0.137. The average Bonchev–Trinajstić information content (AvgIpc) is 2.03. The second-order valence-electron chi connectivity index (χ2n) is 4.60. The van der Waals surface area contributed by atoms with Crippen LogP contribution in [0.1, 0.15) is 47.5 Å². The first-order chi connectivity index (χ1) is 6.38. The molecular weight excluding hydrogens is 176 g/mol. The van der Waals surface area contributed by atoms with Gasteiger partial charge in [-0.25, -0.2) is 4.79 Å². The third-order valence-corrected chi connectivity index (χ3v) is 2.26. The molecule has 0 N–H and O–H groups in total. The minimum atomic E-state index is -0.217. The zero-order valence-electron chi connectivity index (χ0n) is 10.0. The van der Waals surface area contributed by atoms with Gasteiger partial charge in [-0.2, -0.15) is 0 Å². The van der Waals surface area contributed by atoms with Crippen LogP contribution in [0.4, 0.5) is 0 Å². The van der Waals surface area contributed by atoms with Gasteiger partial charge in [0.05, 0.1) is 6.61 Å². The van der Waals surface area contributed by atoms with Crippen LogP contribution in [0.25, 0.3) is 0 Å². The van der Waals surface area contributed by atoms with E-state index in [0.717, 1.165) is 18.4 Å². The molecule has 0 saturated carbocycles. The van der Waals surface area contributed by atoms with Crippen molar-refractivity contribution in [2.24, 2.45) is 5.41 Å². The summed E-state index contributed by atoms with van der Waals surface area (Å²) in [6.45, 7) is 10.8. The molecule has 0 saturated heterocycles. The maximum absolute atomic E-state index is 11.3. The highest BCUT2D eigenvalue weighted by atomic mass is 16.5. The monoisotopic (exact) mass is 198 g/mol. The molecule has 0 unspecified atom stereocenters. The van der Waals surface area contributed by atoms with Gasteiger partial charge < -0.3 is 4.74 Å². The number of ether oxygens (including phenoxy) is 1. The molecule has 0 aliphatic rings. The largest absolute Gasteiger partial charge is 0.463 e. The molecule has 82 valence electrons. The maximum Gasteiger partial charge on any atom is 0.330 e. The Kier molecular flexibility index (Phi) is 5.51. The molecule has 0 amide bonds. The Morgan fingerprint density at radius 3 is 2.36 bits per heavy atom. The van der Waals surface area contributed by atoms with Crippen molar-refractivity contribution >= 4 is 5.97 Å². The standard InChI is InChI=1S/C12H22O2/c1-6-7-8-14-11(13)9-10(2)12(3,4)5/h9H,6-8H2,1-5H3/b10-9+. The van der Waals surface area contributed by atoms with Crippen LogP contribution in [0.3, 0.4) is 0 Å². The molecule has 0 fully saturated rings. The topological polar surface area (TPSA) is 26.3 Å². The zero-order chi connectivity index (χ0) is 11.2. The summed E-state index contributed by atoms with van der Waals surface area (Å²) >= 11 is 0. The highest BCUT2D eigenvalue weighted by Gasteiger charge is 2.13. The molecule has 0 rings (SSSR count). The van der Waals surface area contributed by atoms with E-state index in [4.69, 9.17) is 4.74 Å². The van der Waals surface area contributed by atoms with Gasteiger partial charge in [0.25, 0.3) is 0 Å². The number of carbonyl (C=O) groups is 1. The maximum atomic E-state index is 11.3. The van der Waals surface area contributed by atoms with E-state index in [-0.39, 0.29) is 11.4 Å². The number of rotatable bonds is 4. The first-order valence-electron chi connectivity index (χ1n) is 5.23. The zero-order valence-corrected chi connectivity index (χ0v) is 10.0. The summed E-state index contributed by atoms with van der Waals surface area (Å²) in [5.74, 6) is -0.217. The van der Waals surface area contributed by atoms with Crippen LogP contribution in [0.2, 0.25) is 0 Å². The van der Waals surface area contributed by atoms with Gasteiger partial charge in [0.1, 0.15) is 0 Å². The molecule has 0 aliphatic carbocycles. The van der Waals surface area contributed by atoms with Crippen molar-refractivity contribution < 1.29 is 9.53 Å². The second-order valence-corrected chi connectivity index (χ2v) is 4.60. The van der Waals surface area contributed by atoms with Crippen LogP contribution in [0.5, 0.6) is 0 Å². The lowest BCUT2D eigenvalue weighted by Gasteiger charge is -2.18. The Morgan fingerprint density at radius 1 is 1.36 bits per heavy atom. The molecule has 0 radical (unpaired) electrons. The SMILES string of the molecule is CCCCOC(=O)/C=C(\C)C(C)(C)C. The minimum Gasteiger partial charge on any atom is -0.463 e. The van der Waals surface area contributed by atoms with Gasteiger partial charge in [-0.05, 0) is 18.8 Å². The fourth-order valence-electron chi connectivity index (χ4n) is 0.752. The van der Waals surface area contributed by atoms with Gasteiger partial charge in [-0.15, -0.1) is 0 Å². The van der Waals surface area contributed by atoms with E-state index in [9.17, 15) is 4.79 Å². The number of unbranched alkanes of at least 4 members (excludes halogenated alkanes) is 1. The summed E-state index contributed by atoms with van der Waals surface area (Å²) < 4.78 is 5.03. The predicted octanol–water partition coefficient (Wildman–Crippen LogP) is 3.32. The van der Waals surface area contributed by atoms with Crippen LogP contribution in [0.15, 0.2) is 11.6 Å². The van der Waals surface area contributed by atoms with Crippen LogP contribution >= 0.6 is 0 Å². The van der Waals surface area contributed by atoms with Crippen molar-refractivity contribution in [1.82, 2.24) is 0 Å². The third-order valence-electron chi connectivity index (χ3n) is 2.26. The molecule has 0 bridgehead atoms. The molecule has 0 heterocycles. The van der Waals surface area contributed by atoms with E-state index in [1.807, 2.05) is 6.92 Å². The van der Waals surface area contributed by atoms with Crippen molar-refractivity contribution in [2.45, 2.75) is 47.5 Å². The Bertz CT molecular complexity index is 209. The second kappa shape index (κ2) is 5.84. The molecule has 14 heavy (non-hydrogen) atoms. The van der Waals surface area contributed by atoms with Gasteiger partial charge in [0, 0.05) is 6.08 Å². The highest BCUT2D eigenvalue weighted by Crippen LogP contribution is 2.24. The van der Waals surface area contributed by atoms with Crippen molar-refractivity contribution in [1.29, 1.82) is 0 Å². The van der Waals surface area contributed by atoms with Gasteiger partial charge in [0.2, 0.25) is 0 Å². The molecule has 0 aromatic carbocycles. The van der Waals surface area contributed by atoms with Crippen molar-refractivity contribution in [3.63, 3.8) is 0 Å². The number of carbonyl (C=O) groups excluding carboxylic acids is 1.